The van der Waals surface area contributed by atoms with E-state index in [1.54, 1.807) is 6.92 Å². The number of hydrogen-bond donors (Lipinski definition) is 1. The van der Waals surface area contributed by atoms with E-state index in [9.17, 15) is 26.3 Å². The monoisotopic (exact) mass is 370 g/mol. The Kier molecular flexibility index (Phi) is 4.29. The van der Waals surface area contributed by atoms with Gasteiger partial charge in [-0.25, -0.2) is 4.98 Å². The number of hydrogen-bond acceptors (Lipinski definition) is 1. The smallest absolute Gasteiger partial charge is 0.342 e. The van der Waals surface area contributed by atoms with Crippen molar-refractivity contribution in [1.82, 2.24) is 9.97 Å². The maximum absolute atomic E-state index is 12.9. The van der Waals surface area contributed by atoms with Crippen molar-refractivity contribution in [3.8, 4) is 22.6 Å². The molecule has 0 fully saturated rings. The largest absolute Gasteiger partial charge is 0.416 e. The van der Waals surface area contributed by atoms with Crippen molar-refractivity contribution in [2.45, 2.75) is 19.3 Å². The molecule has 0 unspecified atom stereocenters. The molecule has 0 aliphatic rings. The number of imidazole rings is 1. The third kappa shape index (κ3) is 3.58. The van der Waals surface area contributed by atoms with Crippen molar-refractivity contribution < 1.29 is 26.3 Å². The van der Waals surface area contributed by atoms with Crippen LogP contribution in [0.2, 0.25) is 0 Å². The molecule has 0 aliphatic heterocycles. The first-order chi connectivity index (χ1) is 12.1. The van der Waals surface area contributed by atoms with Crippen molar-refractivity contribution in [2.24, 2.45) is 0 Å². The number of aromatic nitrogens is 2. The standard InChI is InChI=1S/C18H12F6N2/c1-10-15(11-4-2-6-13(8-11)17(19,20)21)26-16(25-10)12-5-3-7-14(9-12)18(22,23)24/h2-9H,1H3,(H,25,26). The van der Waals surface area contributed by atoms with E-state index in [1.807, 2.05) is 0 Å². The van der Waals surface area contributed by atoms with Gasteiger partial charge in [0.2, 0.25) is 0 Å². The fraction of sp³-hybridized carbons (Fsp3) is 0.167. The van der Waals surface area contributed by atoms with E-state index in [4.69, 9.17) is 0 Å². The van der Waals surface area contributed by atoms with Crippen LogP contribution in [0, 0.1) is 6.92 Å². The fourth-order valence-electron chi connectivity index (χ4n) is 2.56. The van der Waals surface area contributed by atoms with Crippen molar-refractivity contribution in [1.29, 1.82) is 0 Å². The third-order valence-electron chi connectivity index (χ3n) is 3.81. The molecule has 0 saturated heterocycles. The van der Waals surface area contributed by atoms with Crippen LogP contribution < -0.4 is 0 Å². The molecule has 1 N–H and O–H groups in total. The van der Waals surface area contributed by atoms with Gasteiger partial charge in [0.25, 0.3) is 0 Å². The van der Waals surface area contributed by atoms with Crippen LogP contribution in [0.15, 0.2) is 48.5 Å². The zero-order chi connectivity index (χ0) is 19.1. The maximum Gasteiger partial charge on any atom is 0.416 e. The lowest BCUT2D eigenvalue weighted by Gasteiger charge is -2.08. The van der Waals surface area contributed by atoms with Gasteiger partial charge >= 0.3 is 12.4 Å². The first kappa shape index (κ1) is 18.0. The van der Waals surface area contributed by atoms with Gasteiger partial charge in [0, 0.05) is 16.8 Å². The van der Waals surface area contributed by atoms with Gasteiger partial charge in [0.15, 0.2) is 0 Å². The topological polar surface area (TPSA) is 28.7 Å². The molecule has 0 bridgehead atoms. The Labute approximate surface area is 144 Å². The van der Waals surface area contributed by atoms with Crippen molar-refractivity contribution in [3.05, 3.63) is 65.4 Å². The van der Waals surface area contributed by atoms with E-state index >= 15 is 0 Å². The minimum atomic E-state index is -4.50. The average Bonchev–Trinajstić information content (AvgIpc) is 2.95. The number of benzene rings is 2. The summed E-state index contributed by atoms with van der Waals surface area (Å²) in [4.78, 5) is 7.04. The SMILES string of the molecule is Cc1[nH]c(-c2cccc(C(F)(F)F)c2)nc1-c1cccc(C(F)(F)F)c1. The van der Waals surface area contributed by atoms with Crippen LogP contribution in [0.4, 0.5) is 26.3 Å². The molecule has 3 rings (SSSR count). The molecule has 0 saturated carbocycles. The van der Waals surface area contributed by atoms with E-state index in [1.165, 1.54) is 24.3 Å². The Morgan fingerprint density at radius 3 is 1.81 bits per heavy atom. The van der Waals surface area contributed by atoms with E-state index < -0.39 is 23.5 Å². The molecule has 3 aromatic rings. The summed E-state index contributed by atoms with van der Waals surface area (Å²) in [5.74, 6) is 0.154. The summed E-state index contributed by atoms with van der Waals surface area (Å²) in [6.07, 6.45) is -8.99. The van der Waals surface area contributed by atoms with Crippen LogP contribution >= 0.6 is 0 Å². The number of nitrogens with zero attached hydrogens (tertiary/aromatic N) is 1. The molecule has 0 aliphatic carbocycles. The van der Waals surface area contributed by atoms with E-state index in [2.05, 4.69) is 9.97 Å². The van der Waals surface area contributed by atoms with Gasteiger partial charge in [0.1, 0.15) is 5.82 Å². The summed E-state index contributed by atoms with van der Waals surface area (Å²) in [6.45, 7) is 1.60. The van der Waals surface area contributed by atoms with Crippen molar-refractivity contribution >= 4 is 0 Å². The number of nitrogens with one attached hydrogen (secondary N) is 1. The number of aryl methyl sites for hydroxylation is 1. The molecule has 0 radical (unpaired) electrons. The molecule has 1 aromatic heterocycles. The molecule has 136 valence electrons. The Morgan fingerprint density at radius 1 is 0.769 bits per heavy atom. The van der Waals surface area contributed by atoms with E-state index in [0.717, 1.165) is 24.3 Å². The zero-order valence-electron chi connectivity index (χ0n) is 13.3. The van der Waals surface area contributed by atoms with Crippen molar-refractivity contribution in [2.75, 3.05) is 0 Å². The Hall–Kier alpha value is -2.77. The Balaban J connectivity index is 2.04. The summed E-state index contributed by atoms with van der Waals surface area (Å²) in [5, 5.41) is 0. The minimum Gasteiger partial charge on any atom is -0.342 e. The van der Waals surface area contributed by atoms with Gasteiger partial charge in [-0.1, -0.05) is 24.3 Å². The predicted octanol–water partition coefficient (Wildman–Crippen LogP) is 6.09. The van der Waals surface area contributed by atoms with Crippen LogP contribution in [-0.4, -0.2) is 9.97 Å². The van der Waals surface area contributed by atoms with Gasteiger partial charge in [-0.05, 0) is 31.2 Å². The van der Waals surface area contributed by atoms with Gasteiger partial charge in [-0.3, -0.25) is 0 Å². The van der Waals surface area contributed by atoms with Gasteiger partial charge in [-0.2, -0.15) is 26.3 Å². The number of halogens is 6. The molecule has 0 amide bonds. The first-order valence-electron chi connectivity index (χ1n) is 7.47. The second kappa shape index (κ2) is 6.19. The van der Waals surface area contributed by atoms with Crippen LogP contribution in [0.5, 0.6) is 0 Å². The molecule has 0 spiro atoms. The summed E-state index contributed by atoms with van der Waals surface area (Å²) in [5.41, 5.74) is -0.518. The number of H-pyrrole nitrogens is 1. The van der Waals surface area contributed by atoms with Crippen LogP contribution in [0.25, 0.3) is 22.6 Å². The highest BCUT2D eigenvalue weighted by molar-refractivity contribution is 5.68. The lowest BCUT2D eigenvalue weighted by atomic mass is 10.1. The predicted molar refractivity (Wildman–Crippen MR) is 84.2 cm³/mol. The van der Waals surface area contributed by atoms with Crippen LogP contribution in [0.3, 0.4) is 0 Å². The quantitative estimate of drug-likeness (QED) is 0.544. The summed E-state index contributed by atoms with van der Waals surface area (Å²) < 4.78 is 77.2. The highest BCUT2D eigenvalue weighted by atomic mass is 19.4. The highest BCUT2D eigenvalue weighted by Crippen LogP contribution is 2.34. The number of rotatable bonds is 2. The van der Waals surface area contributed by atoms with Gasteiger partial charge in [0.05, 0.1) is 16.8 Å². The molecular weight excluding hydrogens is 358 g/mol. The maximum atomic E-state index is 12.9. The van der Waals surface area contributed by atoms with Crippen LogP contribution in [-0.2, 0) is 12.4 Å². The molecule has 2 aromatic carbocycles. The summed E-state index contributed by atoms with van der Waals surface area (Å²) >= 11 is 0. The fourth-order valence-corrected chi connectivity index (χ4v) is 2.56. The Morgan fingerprint density at radius 2 is 1.27 bits per heavy atom. The molecule has 8 heteroatoms. The second-order valence-electron chi connectivity index (χ2n) is 5.72. The molecule has 0 atom stereocenters. The van der Waals surface area contributed by atoms with Crippen LogP contribution in [0.1, 0.15) is 16.8 Å². The third-order valence-corrected chi connectivity index (χ3v) is 3.81. The lowest BCUT2D eigenvalue weighted by Crippen LogP contribution is -2.04. The molecular formula is C18H12F6N2. The molecule has 26 heavy (non-hydrogen) atoms. The van der Waals surface area contributed by atoms with Gasteiger partial charge in [-0.15, -0.1) is 0 Å². The second-order valence-corrected chi connectivity index (χ2v) is 5.72. The first-order valence-corrected chi connectivity index (χ1v) is 7.47. The lowest BCUT2D eigenvalue weighted by molar-refractivity contribution is -0.138. The number of alkyl halides is 6. The summed E-state index contributed by atoms with van der Waals surface area (Å²) in [6, 6.07) is 9.20. The summed E-state index contributed by atoms with van der Waals surface area (Å²) in [7, 11) is 0. The highest BCUT2D eigenvalue weighted by Gasteiger charge is 2.31. The van der Waals surface area contributed by atoms with E-state index in [0.29, 0.717) is 5.69 Å². The molecule has 1 heterocycles. The number of aromatic amines is 1. The Bertz CT molecular complexity index is 937. The zero-order valence-corrected chi connectivity index (χ0v) is 13.3. The normalized spacial score (nSPS) is 12.4. The van der Waals surface area contributed by atoms with Crippen molar-refractivity contribution in [3.63, 3.8) is 0 Å². The minimum absolute atomic E-state index is 0.154. The van der Waals surface area contributed by atoms with Gasteiger partial charge < -0.3 is 4.98 Å². The average molecular weight is 370 g/mol. The van der Waals surface area contributed by atoms with E-state index in [-0.39, 0.29) is 22.6 Å². The molecule has 2 nitrogen and oxygen atoms in total.